The van der Waals surface area contributed by atoms with Crippen LogP contribution in [0.1, 0.15) is 25.8 Å². The molecule has 0 amide bonds. The molecule has 1 aliphatic heterocycles. The normalized spacial score (nSPS) is 28.3. The Kier molecular flexibility index (Phi) is 4.83. The Hall–Kier alpha value is -1.06. The van der Waals surface area contributed by atoms with Crippen LogP contribution < -0.4 is 10.1 Å². The standard InChI is InChI=1S/C16H26N2O/c1-12-13(2)18(10-9-15(12)17-3)11-14-7-5-6-8-16(14)19-4/h5-8,12-13,15,17H,9-11H2,1-4H3. The van der Waals surface area contributed by atoms with Gasteiger partial charge in [-0.2, -0.15) is 0 Å². The number of benzene rings is 1. The molecule has 3 unspecified atom stereocenters. The van der Waals surface area contributed by atoms with Gasteiger partial charge in [0.15, 0.2) is 0 Å². The van der Waals surface area contributed by atoms with Crippen LogP contribution in [0, 0.1) is 5.92 Å². The minimum Gasteiger partial charge on any atom is -0.496 e. The third-order valence-corrected chi connectivity index (χ3v) is 4.64. The second-order valence-corrected chi connectivity index (χ2v) is 5.57. The van der Waals surface area contributed by atoms with E-state index in [1.54, 1.807) is 7.11 Å². The topological polar surface area (TPSA) is 24.5 Å². The van der Waals surface area contributed by atoms with Gasteiger partial charge in [0.25, 0.3) is 0 Å². The van der Waals surface area contributed by atoms with E-state index in [1.165, 1.54) is 12.0 Å². The second-order valence-electron chi connectivity index (χ2n) is 5.57. The lowest BCUT2D eigenvalue weighted by molar-refractivity contribution is 0.0804. The number of ether oxygens (including phenoxy) is 1. The largest absolute Gasteiger partial charge is 0.496 e. The first-order valence-corrected chi connectivity index (χ1v) is 7.20. The molecule has 1 aliphatic rings. The van der Waals surface area contributed by atoms with E-state index in [9.17, 15) is 0 Å². The maximum atomic E-state index is 5.45. The highest BCUT2D eigenvalue weighted by Crippen LogP contribution is 2.27. The molecule has 2 rings (SSSR count). The van der Waals surface area contributed by atoms with E-state index in [2.05, 4.69) is 43.2 Å². The first-order chi connectivity index (χ1) is 9.17. The molecule has 1 aromatic rings. The number of hydrogen-bond acceptors (Lipinski definition) is 3. The molecular weight excluding hydrogens is 236 g/mol. The van der Waals surface area contributed by atoms with Crippen molar-refractivity contribution in [1.29, 1.82) is 0 Å². The van der Waals surface area contributed by atoms with Crippen molar-refractivity contribution in [1.82, 2.24) is 10.2 Å². The Morgan fingerprint density at radius 1 is 1.32 bits per heavy atom. The molecule has 0 bridgehead atoms. The fourth-order valence-corrected chi connectivity index (χ4v) is 3.12. The fraction of sp³-hybridized carbons (Fsp3) is 0.625. The summed E-state index contributed by atoms with van der Waals surface area (Å²) in [5.41, 5.74) is 1.28. The quantitative estimate of drug-likeness (QED) is 0.902. The molecule has 0 aromatic heterocycles. The zero-order valence-corrected chi connectivity index (χ0v) is 12.5. The van der Waals surface area contributed by atoms with Crippen molar-refractivity contribution in [3.8, 4) is 5.75 Å². The highest BCUT2D eigenvalue weighted by molar-refractivity contribution is 5.33. The second kappa shape index (κ2) is 6.40. The lowest BCUT2D eigenvalue weighted by Gasteiger charge is -2.42. The highest BCUT2D eigenvalue weighted by Gasteiger charge is 2.31. The smallest absolute Gasteiger partial charge is 0.123 e. The van der Waals surface area contributed by atoms with E-state index in [0.29, 0.717) is 18.0 Å². The van der Waals surface area contributed by atoms with Crippen LogP contribution in [0.5, 0.6) is 5.75 Å². The first kappa shape index (κ1) is 14.4. The molecule has 3 atom stereocenters. The SMILES string of the molecule is CNC1CCN(Cc2ccccc2OC)C(C)C1C. The maximum absolute atomic E-state index is 5.45. The third-order valence-electron chi connectivity index (χ3n) is 4.64. The van der Waals surface area contributed by atoms with Crippen molar-refractivity contribution in [2.45, 2.75) is 38.9 Å². The van der Waals surface area contributed by atoms with Crippen LogP contribution in [0.4, 0.5) is 0 Å². The summed E-state index contributed by atoms with van der Waals surface area (Å²) in [6, 6.07) is 9.57. The van der Waals surface area contributed by atoms with Crippen molar-refractivity contribution < 1.29 is 4.74 Å². The molecule has 0 spiro atoms. The molecule has 1 heterocycles. The molecular formula is C16H26N2O. The minimum absolute atomic E-state index is 0.594. The summed E-state index contributed by atoms with van der Waals surface area (Å²) in [6.45, 7) is 6.81. The zero-order chi connectivity index (χ0) is 13.8. The Morgan fingerprint density at radius 3 is 2.74 bits per heavy atom. The number of rotatable bonds is 4. The average Bonchev–Trinajstić information content (AvgIpc) is 2.45. The lowest BCUT2D eigenvalue weighted by Crippen LogP contribution is -2.52. The average molecular weight is 262 g/mol. The molecule has 3 heteroatoms. The predicted molar refractivity (Wildman–Crippen MR) is 79.5 cm³/mol. The molecule has 0 aliphatic carbocycles. The number of methoxy groups -OCH3 is 1. The van der Waals surface area contributed by atoms with Crippen LogP contribution in [0.25, 0.3) is 0 Å². The van der Waals surface area contributed by atoms with Crippen molar-refractivity contribution in [2.75, 3.05) is 20.7 Å². The van der Waals surface area contributed by atoms with E-state index in [4.69, 9.17) is 4.74 Å². The van der Waals surface area contributed by atoms with Gasteiger partial charge in [0.05, 0.1) is 7.11 Å². The van der Waals surface area contributed by atoms with Gasteiger partial charge in [0, 0.05) is 30.7 Å². The number of nitrogens with zero attached hydrogens (tertiary/aromatic N) is 1. The molecule has 0 saturated carbocycles. The Bertz CT molecular complexity index is 407. The molecule has 19 heavy (non-hydrogen) atoms. The number of para-hydroxylation sites is 1. The summed E-state index contributed by atoms with van der Waals surface area (Å²) >= 11 is 0. The molecule has 1 N–H and O–H groups in total. The summed E-state index contributed by atoms with van der Waals surface area (Å²) in [5.74, 6) is 1.67. The van der Waals surface area contributed by atoms with Crippen LogP contribution in [-0.2, 0) is 6.54 Å². The number of hydrogen-bond donors (Lipinski definition) is 1. The van der Waals surface area contributed by atoms with Gasteiger partial charge in [-0.25, -0.2) is 0 Å². The van der Waals surface area contributed by atoms with Crippen LogP contribution in [0.2, 0.25) is 0 Å². The zero-order valence-electron chi connectivity index (χ0n) is 12.5. The van der Waals surface area contributed by atoms with E-state index in [-0.39, 0.29) is 0 Å². The molecule has 1 aromatic carbocycles. The van der Waals surface area contributed by atoms with Crippen molar-refractivity contribution in [3.05, 3.63) is 29.8 Å². The van der Waals surface area contributed by atoms with Crippen molar-refractivity contribution >= 4 is 0 Å². The number of piperidine rings is 1. The van der Waals surface area contributed by atoms with Gasteiger partial charge >= 0.3 is 0 Å². The van der Waals surface area contributed by atoms with Gasteiger partial charge in [-0.15, -0.1) is 0 Å². The fourth-order valence-electron chi connectivity index (χ4n) is 3.12. The number of nitrogens with one attached hydrogen (secondary N) is 1. The first-order valence-electron chi connectivity index (χ1n) is 7.20. The molecule has 106 valence electrons. The summed E-state index contributed by atoms with van der Waals surface area (Å²) < 4.78 is 5.45. The monoisotopic (exact) mass is 262 g/mol. The van der Waals surface area contributed by atoms with Gasteiger partial charge < -0.3 is 10.1 Å². The van der Waals surface area contributed by atoms with Crippen molar-refractivity contribution in [2.24, 2.45) is 5.92 Å². The van der Waals surface area contributed by atoms with E-state index in [1.807, 2.05) is 12.1 Å². The van der Waals surface area contributed by atoms with E-state index < -0.39 is 0 Å². The Morgan fingerprint density at radius 2 is 2.05 bits per heavy atom. The summed E-state index contributed by atoms with van der Waals surface area (Å²) in [4.78, 5) is 2.57. The molecule has 1 saturated heterocycles. The summed E-state index contributed by atoms with van der Waals surface area (Å²) in [7, 11) is 3.82. The van der Waals surface area contributed by atoms with Crippen LogP contribution in [0.15, 0.2) is 24.3 Å². The van der Waals surface area contributed by atoms with Gasteiger partial charge in [-0.05, 0) is 32.4 Å². The molecule has 1 fully saturated rings. The maximum Gasteiger partial charge on any atom is 0.123 e. The lowest BCUT2D eigenvalue weighted by atomic mass is 9.87. The van der Waals surface area contributed by atoms with E-state index >= 15 is 0 Å². The van der Waals surface area contributed by atoms with Crippen LogP contribution in [0.3, 0.4) is 0 Å². The van der Waals surface area contributed by atoms with Crippen molar-refractivity contribution in [3.63, 3.8) is 0 Å². The summed E-state index contributed by atoms with van der Waals surface area (Å²) in [6.07, 6.45) is 1.22. The third kappa shape index (κ3) is 3.10. The molecule has 0 radical (unpaired) electrons. The number of likely N-dealkylation sites (tertiary alicyclic amines) is 1. The van der Waals surface area contributed by atoms with Gasteiger partial charge in [0.2, 0.25) is 0 Å². The van der Waals surface area contributed by atoms with Gasteiger partial charge in [-0.1, -0.05) is 25.1 Å². The summed E-state index contributed by atoms with van der Waals surface area (Å²) in [5, 5.41) is 3.44. The Balaban J connectivity index is 2.07. The van der Waals surface area contributed by atoms with E-state index in [0.717, 1.165) is 18.8 Å². The Labute approximate surface area is 116 Å². The minimum atomic E-state index is 0.594. The van der Waals surface area contributed by atoms with Gasteiger partial charge in [-0.3, -0.25) is 4.90 Å². The van der Waals surface area contributed by atoms with Gasteiger partial charge in [0.1, 0.15) is 5.75 Å². The van der Waals surface area contributed by atoms with Crippen LogP contribution >= 0.6 is 0 Å². The molecule has 3 nitrogen and oxygen atoms in total. The highest BCUT2D eigenvalue weighted by atomic mass is 16.5. The van der Waals surface area contributed by atoms with Crippen LogP contribution in [-0.4, -0.2) is 37.7 Å². The predicted octanol–water partition coefficient (Wildman–Crippen LogP) is 2.51.